The summed E-state index contributed by atoms with van der Waals surface area (Å²) in [6.07, 6.45) is 3.08. The maximum Gasteiger partial charge on any atom is 0.295 e. The quantitative estimate of drug-likeness (QED) is 0.193. The Hall–Kier alpha value is -3.65. The Kier molecular flexibility index (Phi) is 7.51. The molecule has 0 bridgehead atoms. The van der Waals surface area contributed by atoms with Gasteiger partial charge < -0.3 is 13.9 Å². The van der Waals surface area contributed by atoms with Crippen LogP contribution in [0, 0.1) is 5.82 Å². The zero-order valence-corrected chi connectivity index (χ0v) is 22.7. The molecule has 196 valence electrons. The smallest absolute Gasteiger partial charge is 0.295 e. The molecule has 5 rings (SSSR count). The first kappa shape index (κ1) is 26.0. The topological polar surface area (TPSA) is 69.0 Å². The van der Waals surface area contributed by atoms with Crippen LogP contribution in [0.25, 0.3) is 11.0 Å². The molecule has 1 aromatic heterocycles. The van der Waals surface area contributed by atoms with Crippen molar-refractivity contribution < 1.29 is 23.1 Å². The number of fused-ring (bicyclic) bond motifs is 2. The van der Waals surface area contributed by atoms with Crippen LogP contribution in [0.4, 0.5) is 10.1 Å². The normalized spacial score (nSPS) is 14.7. The van der Waals surface area contributed by atoms with Crippen molar-refractivity contribution in [1.82, 2.24) is 0 Å². The van der Waals surface area contributed by atoms with Crippen LogP contribution in [0.3, 0.4) is 0 Å². The van der Waals surface area contributed by atoms with Crippen molar-refractivity contribution in [1.29, 1.82) is 0 Å². The van der Waals surface area contributed by atoms with Crippen LogP contribution in [0.2, 0.25) is 0 Å². The van der Waals surface area contributed by atoms with Crippen LogP contribution < -0.4 is 19.8 Å². The minimum absolute atomic E-state index is 0.0557. The molecule has 8 heteroatoms. The number of benzene rings is 3. The second-order valence-electron chi connectivity index (χ2n) is 9.06. The van der Waals surface area contributed by atoms with Crippen LogP contribution in [0.15, 0.2) is 74.3 Å². The summed E-state index contributed by atoms with van der Waals surface area (Å²) < 4.78 is 32.7. The average Bonchev–Trinajstić information content (AvgIpc) is 3.20. The summed E-state index contributed by atoms with van der Waals surface area (Å²) in [7, 11) is 0. The van der Waals surface area contributed by atoms with E-state index in [1.54, 1.807) is 24.3 Å². The van der Waals surface area contributed by atoms with Crippen molar-refractivity contribution in [3.8, 4) is 11.5 Å². The van der Waals surface area contributed by atoms with Crippen molar-refractivity contribution in [3.63, 3.8) is 0 Å². The lowest BCUT2D eigenvalue weighted by molar-refractivity contribution is 0.0971. The van der Waals surface area contributed by atoms with Gasteiger partial charge in [0.25, 0.3) is 5.91 Å². The number of anilines is 1. The molecule has 38 heavy (non-hydrogen) atoms. The molecule has 1 aliphatic rings. The molecule has 0 fully saturated rings. The molecular weight excluding hydrogens is 553 g/mol. The summed E-state index contributed by atoms with van der Waals surface area (Å²) in [4.78, 5) is 29.0. The molecule has 0 spiro atoms. The van der Waals surface area contributed by atoms with E-state index in [1.165, 1.54) is 17.0 Å². The zero-order valence-electron chi connectivity index (χ0n) is 21.1. The van der Waals surface area contributed by atoms with E-state index in [0.29, 0.717) is 36.0 Å². The number of unbranched alkanes of at least 4 members (excludes halogenated alkanes) is 2. The van der Waals surface area contributed by atoms with Gasteiger partial charge >= 0.3 is 0 Å². The third-order valence-corrected chi connectivity index (χ3v) is 7.05. The molecule has 4 aromatic rings. The Balaban J connectivity index is 1.68. The number of amides is 1. The Labute approximate surface area is 228 Å². The minimum Gasteiger partial charge on any atom is -0.490 e. The first-order valence-corrected chi connectivity index (χ1v) is 13.5. The Morgan fingerprint density at radius 3 is 2.47 bits per heavy atom. The monoisotopic (exact) mass is 579 g/mol. The third kappa shape index (κ3) is 4.80. The van der Waals surface area contributed by atoms with E-state index >= 15 is 0 Å². The Bertz CT molecular complexity index is 1550. The van der Waals surface area contributed by atoms with Crippen LogP contribution in [0.5, 0.6) is 11.5 Å². The van der Waals surface area contributed by atoms with E-state index in [9.17, 15) is 14.0 Å². The van der Waals surface area contributed by atoms with Crippen molar-refractivity contribution in [2.75, 3.05) is 18.1 Å². The van der Waals surface area contributed by atoms with Gasteiger partial charge in [0.2, 0.25) is 5.76 Å². The fourth-order valence-corrected chi connectivity index (χ4v) is 5.01. The van der Waals surface area contributed by atoms with Crippen molar-refractivity contribution >= 4 is 38.5 Å². The van der Waals surface area contributed by atoms with Gasteiger partial charge in [-0.1, -0.05) is 41.8 Å². The van der Waals surface area contributed by atoms with E-state index in [1.807, 2.05) is 25.1 Å². The lowest BCUT2D eigenvalue weighted by atomic mass is 9.97. The highest BCUT2D eigenvalue weighted by molar-refractivity contribution is 9.10. The highest BCUT2D eigenvalue weighted by Gasteiger charge is 2.44. The maximum atomic E-state index is 14.1. The lowest BCUT2D eigenvalue weighted by Gasteiger charge is -2.26. The summed E-state index contributed by atoms with van der Waals surface area (Å²) in [6, 6.07) is 15.6. The highest BCUT2D eigenvalue weighted by Crippen LogP contribution is 2.43. The summed E-state index contributed by atoms with van der Waals surface area (Å²) >= 11 is 3.43. The second kappa shape index (κ2) is 11.0. The fraction of sp³-hybridized carbons (Fsp3) is 0.267. The van der Waals surface area contributed by atoms with Gasteiger partial charge in [-0.2, -0.15) is 0 Å². The largest absolute Gasteiger partial charge is 0.490 e. The number of hydrogen-bond donors (Lipinski definition) is 0. The number of carbonyl (C=O) groups is 1. The predicted octanol–water partition coefficient (Wildman–Crippen LogP) is 7.41. The van der Waals surface area contributed by atoms with Crippen LogP contribution in [-0.4, -0.2) is 19.1 Å². The maximum absolute atomic E-state index is 14.1. The van der Waals surface area contributed by atoms with Gasteiger partial charge in [0, 0.05) is 10.2 Å². The molecule has 0 saturated carbocycles. The van der Waals surface area contributed by atoms with Gasteiger partial charge in [0.05, 0.1) is 30.2 Å². The van der Waals surface area contributed by atoms with Gasteiger partial charge in [0.1, 0.15) is 11.4 Å². The summed E-state index contributed by atoms with van der Waals surface area (Å²) in [5, 5.41) is 0.0834. The van der Waals surface area contributed by atoms with Gasteiger partial charge in [-0.15, -0.1) is 0 Å². The van der Waals surface area contributed by atoms with Crippen LogP contribution >= 0.6 is 15.9 Å². The van der Waals surface area contributed by atoms with Gasteiger partial charge in [-0.25, -0.2) is 4.39 Å². The Morgan fingerprint density at radius 1 is 0.947 bits per heavy atom. The van der Waals surface area contributed by atoms with E-state index in [0.717, 1.165) is 29.8 Å². The molecule has 1 aliphatic heterocycles. The molecule has 0 radical (unpaired) electrons. The molecule has 6 nitrogen and oxygen atoms in total. The SMILES string of the molecule is CCCCCOc1ccc(C2c3c(oc4ccc(F)cc4c3=O)C(=O)N2c2ccc(Br)cc2)cc1OCC. The number of nitrogens with zero attached hydrogens (tertiary/aromatic N) is 1. The summed E-state index contributed by atoms with van der Waals surface area (Å²) in [5.74, 6) is 0.0559. The molecule has 0 N–H and O–H groups in total. The molecular formula is C30H27BrFNO5. The van der Waals surface area contributed by atoms with E-state index in [-0.39, 0.29) is 22.3 Å². The lowest BCUT2D eigenvalue weighted by Crippen LogP contribution is -2.29. The number of hydrogen-bond acceptors (Lipinski definition) is 5. The second-order valence-corrected chi connectivity index (χ2v) is 9.98. The summed E-state index contributed by atoms with van der Waals surface area (Å²) in [5.41, 5.74) is 1.10. The molecule has 3 aromatic carbocycles. The van der Waals surface area contributed by atoms with Crippen LogP contribution in [-0.2, 0) is 0 Å². The Morgan fingerprint density at radius 2 is 1.74 bits per heavy atom. The molecule has 1 atom stereocenters. The predicted molar refractivity (Wildman–Crippen MR) is 148 cm³/mol. The minimum atomic E-state index is -0.809. The van der Waals surface area contributed by atoms with E-state index < -0.39 is 23.2 Å². The summed E-state index contributed by atoms with van der Waals surface area (Å²) in [6.45, 7) is 4.99. The average molecular weight is 580 g/mol. The van der Waals surface area contributed by atoms with Crippen molar-refractivity contribution in [2.24, 2.45) is 0 Å². The fourth-order valence-electron chi connectivity index (χ4n) is 4.74. The molecule has 0 aliphatic carbocycles. The molecule has 1 amide bonds. The highest BCUT2D eigenvalue weighted by atomic mass is 79.9. The van der Waals surface area contributed by atoms with E-state index in [4.69, 9.17) is 13.9 Å². The zero-order chi connectivity index (χ0) is 26.8. The number of carbonyl (C=O) groups excluding carboxylic acids is 1. The standard InChI is InChI=1S/C30H27BrFNO5/c1-3-5-6-15-37-24-13-7-18(16-25(24)36-4-2)27-26-28(34)22-17-20(32)10-14-23(22)38-29(26)30(35)33(27)21-11-8-19(31)9-12-21/h7-14,16-17,27H,3-6,15H2,1-2H3. The molecule has 0 saturated heterocycles. The van der Waals surface area contributed by atoms with Gasteiger partial charge in [0.15, 0.2) is 16.9 Å². The van der Waals surface area contributed by atoms with Crippen LogP contribution in [0.1, 0.15) is 60.8 Å². The van der Waals surface area contributed by atoms with E-state index in [2.05, 4.69) is 22.9 Å². The number of ether oxygens (including phenoxy) is 2. The van der Waals surface area contributed by atoms with Gasteiger partial charge in [-0.05, 0) is 73.5 Å². The molecule has 1 unspecified atom stereocenters. The number of halogens is 2. The van der Waals surface area contributed by atoms with Crippen molar-refractivity contribution in [3.05, 3.63) is 98.1 Å². The third-order valence-electron chi connectivity index (χ3n) is 6.53. The van der Waals surface area contributed by atoms with Gasteiger partial charge in [-0.3, -0.25) is 14.5 Å². The first-order chi connectivity index (χ1) is 18.4. The first-order valence-electron chi connectivity index (χ1n) is 12.7. The number of rotatable bonds is 9. The molecule has 2 heterocycles. The van der Waals surface area contributed by atoms with Crippen molar-refractivity contribution in [2.45, 2.75) is 39.2 Å².